The molecule has 4 nitrogen and oxygen atoms in total. The fourth-order valence-electron chi connectivity index (χ4n) is 1.81. The third-order valence-corrected chi connectivity index (χ3v) is 2.78. The summed E-state index contributed by atoms with van der Waals surface area (Å²) in [5.74, 6) is -0.601. The Morgan fingerprint density at radius 1 is 1.28 bits per heavy atom. The van der Waals surface area contributed by atoms with Crippen molar-refractivity contribution in [3.05, 3.63) is 41.2 Å². The largest absolute Gasteiger partial charge is 0.477 e. The van der Waals surface area contributed by atoms with Crippen LogP contribution in [0.4, 0.5) is 0 Å². The van der Waals surface area contributed by atoms with E-state index in [1.54, 1.807) is 0 Å². The van der Waals surface area contributed by atoms with Crippen molar-refractivity contribution >= 4 is 5.97 Å². The van der Waals surface area contributed by atoms with Gasteiger partial charge >= 0.3 is 5.97 Å². The summed E-state index contributed by atoms with van der Waals surface area (Å²) in [5.41, 5.74) is 2.43. The van der Waals surface area contributed by atoms with Gasteiger partial charge in [-0.15, -0.1) is 0 Å². The summed E-state index contributed by atoms with van der Waals surface area (Å²) >= 11 is 0. The SMILES string of the molecule is Cc1ccc(-c2noc(C(C)C)c2C(=O)O)cc1. The maximum absolute atomic E-state index is 11.3. The number of aryl methyl sites for hydroxylation is 1. The molecular formula is C14H15NO3. The third-order valence-electron chi connectivity index (χ3n) is 2.78. The van der Waals surface area contributed by atoms with Gasteiger partial charge in [0.1, 0.15) is 11.3 Å². The van der Waals surface area contributed by atoms with Gasteiger partial charge in [-0.1, -0.05) is 48.8 Å². The van der Waals surface area contributed by atoms with Crippen molar-refractivity contribution in [2.24, 2.45) is 0 Å². The van der Waals surface area contributed by atoms with E-state index >= 15 is 0 Å². The quantitative estimate of drug-likeness (QED) is 0.899. The highest BCUT2D eigenvalue weighted by molar-refractivity contribution is 5.95. The molecule has 1 aromatic heterocycles. The number of aromatic nitrogens is 1. The summed E-state index contributed by atoms with van der Waals surface area (Å²) < 4.78 is 5.17. The first-order valence-electron chi connectivity index (χ1n) is 5.80. The Bertz CT molecular complexity index is 567. The number of carboxylic acids is 1. The number of hydrogen-bond acceptors (Lipinski definition) is 3. The van der Waals surface area contributed by atoms with Crippen LogP contribution < -0.4 is 0 Å². The molecule has 0 atom stereocenters. The van der Waals surface area contributed by atoms with Crippen LogP contribution in [0.15, 0.2) is 28.8 Å². The highest BCUT2D eigenvalue weighted by Crippen LogP contribution is 2.29. The van der Waals surface area contributed by atoms with Gasteiger partial charge in [-0.05, 0) is 6.92 Å². The predicted molar refractivity (Wildman–Crippen MR) is 67.7 cm³/mol. The van der Waals surface area contributed by atoms with Crippen molar-refractivity contribution in [2.75, 3.05) is 0 Å². The van der Waals surface area contributed by atoms with E-state index in [0.717, 1.165) is 11.1 Å². The van der Waals surface area contributed by atoms with Crippen molar-refractivity contribution in [2.45, 2.75) is 26.7 Å². The molecule has 0 unspecified atom stereocenters. The number of aromatic carboxylic acids is 1. The molecule has 0 aliphatic carbocycles. The second-order valence-corrected chi connectivity index (χ2v) is 4.60. The Morgan fingerprint density at radius 2 is 1.89 bits per heavy atom. The maximum Gasteiger partial charge on any atom is 0.341 e. The molecule has 1 heterocycles. The zero-order chi connectivity index (χ0) is 13.3. The Labute approximate surface area is 105 Å². The number of carboxylic acid groups (broad SMARTS) is 1. The minimum absolute atomic E-state index is 0.0113. The second-order valence-electron chi connectivity index (χ2n) is 4.60. The molecule has 0 radical (unpaired) electrons. The van der Waals surface area contributed by atoms with Crippen molar-refractivity contribution < 1.29 is 14.4 Å². The van der Waals surface area contributed by atoms with E-state index in [4.69, 9.17) is 4.52 Å². The lowest BCUT2D eigenvalue weighted by Gasteiger charge is -2.02. The second kappa shape index (κ2) is 4.64. The van der Waals surface area contributed by atoms with E-state index in [9.17, 15) is 9.90 Å². The summed E-state index contributed by atoms with van der Waals surface area (Å²) in [5, 5.41) is 13.2. The summed E-state index contributed by atoms with van der Waals surface area (Å²) in [6.07, 6.45) is 0. The molecule has 1 aromatic carbocycles. The van der Waals surface area contributed by atoms with E-state index in [2.05, 4.69) is 5.16 Å². The minimum Gasteiger partial charge on any atom is -0.477 e. The summed E-state index contributed by atoms with van der Waals surface area (Å²) in [6, 6.07) is 7.54. The standard InChI is InChI=1S/C14H15NO3/c1-8(2)13-11(14(16)17)12(15-18-13)10-6-4-9(3)5-7-10/h4-8H,1-3H3,(H,16,17). The summed E-state index contributed by atoms with van der Waals surface area (Å²) in [7, 11) is 0. The van der Waals surface area contributed by atoms with E-state index in [0.29, 0.717) is 11.5 Å². The van der Waals surface area contributed by atoms with Crippen molar-refractivity contribution in [1.82, 2.24) is 5.16 Å². The van der Waals surface area contributed by atoms with Crippen LogP contribution in [-0.2, 0) is 0 Å². The van der Waals surface area contributed by atoms with E-state index in [-0.39, 0.29) is 11.5 Å². The lowest BCUT2D eigenvalue weighted by atomic mass is 10.0. The normalized spacial score (nSPS) is 10.9. The van der Waals surface area contributed by atoms with Crippen molar-refractivity contribution in [3.8, 4) is 11.3 Å². The van der Waals surface area contributed by atoms with Gasteiger partial charge in [0.2, 0.25) is 0 Å². The monoisotopic (exact) mass is 245 g/mol. The smallest absolute Gasteiger partial charge is 0.341 e. The van der Waals surface area contributed by atoms with Crippen LogP contribution in [0, 0.1) is 6.92 Å². The Kier molecular flexibility index (Phi) is 3.19. The topological polar surface area (TPSA) is 63.3 Å². The number of nitrogens with zero attached hydrogens (tertiary/aromatic N) is 1. The molecule has 0 bridgehead atoms. The molecule has 0 aliphatic rings. The number of hydrogen-bond donors (Lipinski definition) is 1. The van der Waals surface area contributed by atoms with Gasteiger partial charge in [0.25, 0.3) is 0 Å². The molecular weight excluding hydrogens is 230 g/mol. The fourth-order valence-corrected chi connectivity index (χ4v) is 1.81. The zero-order valence-corrected chi connectivity index (χ0v) is 10.6. The van der Waals surface area contributed by atoms with Crippen molar-refractivity contribution in [1.29, 1.82) is 0 Å². The van der Waals surface area contributed by atoms with Gasteiger partial charge in [0.05, 0.1) is 0 Å². The Morgan fingerprint density at radius 3 is 2.39 bits per heavy atom. The molecule has 0 saturated carbocycles. The van der Waals surface area contributed by atoms with Gasteiger partial charge in [0.15, 0.2) is 5.76 Å². The molecule has 0 fully saturated rings. The molecule has 0 aliphatic heterocycles. The van der Waals surface area contributed by atoms with Gasteiger partial charge in [0, 0.05) is 11.5 Å². The average molecular weight is 245 g/mol. The summed E-state index contributed by atoms with van der Waals surface area (Å²) in [6.45, 7) is 5.74. The summed E-state index contributed by atoms with van der Waals surface area (Å²) in [4.78, 5) is 11.3. The lowest BCUT2D eigenvalue weighted by molar-refractivity contribution is 0.0694. The number of carbonyl (C=O) groups is 1. The van der Waals surface area contributed by atoms with Crippen LogP contribution in [0.1, 0.15) is 41.4 Å². The number of benzene rings is 1. The molecule has 18 heavy (non-hydrogen) atoms. The average Bonchev–Trinajstić information content (AvgIpc) is 2.74. The third kappa shape index (κ3) is 2.14. The van der Waals surface area contributed by atoms with Crippen LogP contribution in [-0.4, -0.2) is 16.2 Å². The molecule has 94 valence electrons. The van der Waals surface area contributed by atoms with Gasteiger partial charge in [-0.25, -0.2) is 4.79 Å². The van der Waals surface area contributed by atoms with Crippen LogP contribution in [0.3, 0.4) is 0 Å². The lowest BCUT2D eigenvalue weighted by Crippen LogP contribution is -2.02. The van der Waals surface area contributed by atoms with E-state index in [1.807, 2.05) is 45.0 Å². The Hall–Kier alpha value is -2.10. The minimum atomic E-state index is -1.00. The number of rotatable bonds is 3. The van der Waals surface area contributed by atoms with E-state index in [1.165, 1.54) is 0 Å². The van der Waals surface area contributed by atoms with E-state index < -0.39 is 5.97 Å². The highest BCUT2D eigenvalue weighted by Gasteiger charge is 2.25. The predicted octanol–water partition coefficient (Wildman–Crippen LogP) is 3.47. The van der Waals surface area contributed by atoms with Crippen LogP contribution in [0.25, 0.3) is 11.3 Å². The Balaban J connectivity index is 2.58. The molecule has 0 saturated heterocycles. The van der Waals surface area contributed by atoms with Crippen molar-refractivity contribution in [3.63, 3.8) is 0 Å². The van der Waals surface area contributed by atoms with Gasteiger partial charge in [-0.2, -0.15) is 0 Å². The zero-order valence-electron chi connectivity index (χ0n) is 10.6. The first-order valence-corrected chi connectivity index (χ1v) is 5.80. The molecule has 4 heteroatoms. The maximum atomic E-state index is 11.3. The van der Waals surface area contributed by atoms with Crippen LogP contribution in [0.2, 0.25) is 0 Å². The molecule has 2 aromatic rings. The molecule has 0 amide bonds. The van der Waals surface area contributed by atoms with Crippen LogP contribution >= 0.6 is 0 Å². The molecule has 2 rings (SSSR count). The van der Waals surface area contributed by atoms with Gasteiger partial charge in [-0.3, -0.25) is 0 Å². The fraction of sp³-hybridized carbons (Fsp3) is 0.286. The first-order chi connectivity index (χ1) is 8.50. The molecule has 1 N–H and O–H groups in total. The first kappa shape index (κ1) is 12.4. The molecule has 0 spiro atoms. The highest BCUT2D eigenvalue weighted by atomic mass is 16.5. The van der Waals surface area contributed by atoms with Crippen LogP contribution in [0.5, 0.6) is 0 Å². The van der Waals surface area contributed by atoms with Gasteiger partial charge < -0.3 is 9.63 Å².